The van der Waals surface area contributed by atoms with E-state index in [4.69, 9.17) is 5.11 Å². The summed E-state index contributed by atoms with van der Waals surface area (Å²) in [6.45, 7) is 4.07. The lowest BCUT2D eigenvalue weighted by atomic mass is 10.3. The number of hydrogen-bond donors (Lipinski definition) is 1. The van der Waals surface area contributed by atoms with Crippen LogP contribution in [0, 0.1) is 6.92 Å². The van der Waals surface area contributed by atoms with Gasteiger partial charge < -0.3 is 10.0 Å². The zero-order valence-corrected chi connectivity index (χ0v) is 8.36. The number of aromatic nitrogens is 1. The Bertz CT molecular complexity index is 275. The molecule has 3 heteroatoms. The zero-order valence-electron chi connectivity index (χ0n) is 8.36. The van der Waals surface area contributed by atoms with Crippen LogP contribution in [0.5, 0.6) is 0 Å². The van der Waals surface area contributed by atoms with Crippen molar-refractivity contribution in [3.05, 3.63) is 23.9 Å². The highest BCUT2D eigenvalue weighted by atomic mass is 16.3. The predicted molar refractivity (Wildman–Crippen MR) is 53.9 cm³/mol. The first-order chi connectivity index (χ1) is 6.15. The van der Waals surface area contributed by atoms with Crippen LogP contribution >= 0.6 is 0 Å². The van der Waals surface area contributed by atoms with E-state index in [9.17, 15) is 0 Å². The van der Waals surface area contributed by atoms with Gasteiger partial charge in [0.25, 0.3) is 0 Å². The van der Waals surface area contributed by atoms with Crippen molar-refractivity contribution in [1.29, 1.82) is 0 Å². The molecule has 13 heavy (non-hydrogen) atoms. The highest BCUT2D eigenvalue weighted by Crippen LogP contribution is 2.11. The Kier molecular flexibility index (Phi) is 3.25. The molecular formula is C10H16N2O. The van der Waals surface area contributed by atoms with Gasteiger partial charge in [0.2, 0.25) is 0 Å². The third-order valence-electron chi connectivity index (χ3n) is 2.16. The second-order valence-electron chi connectivity index (χ2n) is 3.28. The Morgan fingerprint density at radius 3 is 2.77 bits per heavy atom. The second kappa shape index (κ2) is 4.23. The monoisotopic (exact) mass is 180 g/mol. The molecule has 72 valence electrons. The van der Waals surface area contributed by atoms with Crippen LogP contribution in [0.2, 0.25) is 0 Å². The number of aliphatic hydroxyl groups excluding tert-OH is 1. The van der Waals surface area contributed by atoms with Gasteiger partial charge in [0, 0.05) is 12.7 Å². The van der Waals surface area contributed by atoms with E-state index in [1.165, 1.54) is 0 Å². The molecule has 1 N–H and O–H groups in total. The lowest BCUT2D eigenvalue weighted by molar-refractivity contribution is 0.270. The standard InChI is InChI=1S/C10H16N2O/c1-8-5-4-6-10(11-8)12(3)9(2)7-13/h4-6,9,13H,7H2,1-3H3/t9-/m1/s1. The van der Waals surface area contributed by atoms with E-state index in [0.717, 1.165) is 11.5 Å². The van der Waals surface area contributed by atoms with E-state index in [1.54, 1.807) is 0 Å². The fraction of sp³-hybridized carbons (Fsp3) is 0.500. The maximum Gasteiger partial charge on any atom is 0.128 e. The van der Waals surface area contributed by atoms with Gasteiger partial charge in [-0.25, -0.2) is 4.98 Å². The van der Waals surface area contributed by atoms with Gasteiger partial charge >= 0.3 is 0 Å². The second-order valence-corrected chi connectivity index (χ2v) is 3.28. The van der Waals surface area contributed by atoms with Crippen molar-refractivity contribution < 1.29 is 5.11 Å². The number of hydrogen-bond acceptors (Lipinski definition) is 3. The van der Waals surface area contributed by atoms with Crippen molar-refractivity contribution in [2.45, 2.75) is 19.9 Å². The van der Waals surface area contributed by atoms with Crippen LogP contribution in [-0.4, -0.2) is 29.8 Å². The molecular weight excluding hydrogens is 164 g/mol. The summed E-state index contributed by atoms with van der Waals surface area (Å²) in [4.78, 5) is 6.32. The predicted octanol–water partition coefficient (Wildman–Crippen LogP) is 1.21. The molecule has 0 aliphatic rings. The number of likely N-dealkylation sites (N-methyl/N-ethyl adjacent to an activating group) is 1. The largest absolute Gasteiger partial charge is 0.394 e. The maximum absolute atomic E-state index is 8.97. The fourth-order valence-corrected chi connectivity index (χ4v) is 1.07. The van der Waals surface area contributed by atoms with E-state index >= 15 is 0 Å². The van der Waals surface area contributed by atoms with Gasteiger partial charge in [-0.2, -0.15) is 0 Å². The number of aryl methyl sites for hydroxylation is 1. The molecule has 0 aliphatic heterocycles. The van der Waals surface area contributed by atoms with Crippen LogP contribution in [0.1, 0.15) is 12.6 Å². The van der Waals surface area contributed by atoms with E-state index in [1.807, 2.05) is 44.0 Å². The Balaban J connectivity index is 2.82. The van der Waals surface area contributed by atoms with Gasteiger partial charge in [0.05, 0.1) is 12.6 Å². The summed E-state index contributed by atoms with van der Waals surface area (Å²) >= 11 is 0. The van der Waals surface area contributed by atoms with Crippen LogP contribution in [0.3, 0.4) is 0 Å². The molecule has 0 bridgehead atoms. The molecule has 0 aliphatic carbocycles. The summed E-state index contributed by atoms with van der Waals surface area (Å²) in [5, 5.41) is 8.97. The third-order valence-corrected chi connectivity index (χ3v) is 2.16. The minimum Gasteiger partial charge on any atom is -0.394 e. The molecule has 0 saturated carbocycles. The van der Waals surface area contributed by atoms with Crippen LogP contribution in [-0.2, 0) is 0 Å². The SMILES string of the molecule is Cc1cccc(N(C)[C@H](C)CO)n1. The van der Waals surface area contributed by atoms with E-state index < -0.39 is 0 Å². The molecule has 1 atom stereocenters. The first-order valence-electron chi connectivity index (χ1n) is 4.42. The lowest BCUT2D eigenvalue weighted by Gasteiger charge is -2.24. The number of pyridine rings is 1. The van der Waals surface area contributed by atoms with Gasteiger partial charge in [-0.3, -0.25) is 0 Å². The van der Waals surface area contributed by atoms with Gasteiger partial charge in [-0.1, -0.05) is 6.07 Å². The molecule has 1 aromatic heterocycles. The van der Waals surface area contributed by atoms with Crippen molar-refractivity contribution >= 4 is 5.82 Å². The molecule has 0 spiro atoms. The normalized spacial score (nSPS) is 12.6. The van der Waals surface area contributed by atoms with Crippen LogP contribution in [0.15, 0.2) is 18.2 Å². The molecule has 0 saturated heterocycles. The van der Waals surface area contributed by atoms with Crippen LogP contribution < -0.4 is 4.90 Å². The van der Waals surface area contributed by atoms with E-state index in [-0.39, 0.29) is 12.6 Å². The van der Waals surface area contributed by atoms with Crippen molar-refractivity contribution in [2.24, 2.45) is 0 Å². The smallest absolute Gasteiger partial charge is 0.128 e. The quantitative estimate of drug-likeness (QED) is 0.759. The summed E-state index contributed by atoms with van der Waals surface area (Å²) in [5.74, 6) is 0.904. The van der Waals surface area contributed by atoms with Gasteiger partial charge in [-0.05, 0) is 26.0 Å². The molecule has 1 rings (SSSR count). The lowest BCUT2D eigenvalue weighted by Crippen LogP contribution is -2.32. The summed E-state index contributed by atoms with van der Waals surface area (Å²) in [7, 11) is 1.93. The minimum atomic E-state index is 0.106. The Hall–Kier alpha value is -1.09. The molecule has 0 unspecified atom stereocenters. The van der Waals surface area contributed by atoms with Gasteiger partial charge in [-0.15, -0.1) is 0 Å². The molecule has 3 nitrogen and oxygen atoms in total. The number of aliphatic hydroxyl groups is 1. The summed E-state index contributed by atoms with van der Waals surface area (Å²) in [6, 6.07) is 5.98. The molecule has 1 heterocycles. The van der Waals surface area contributed by atoms with Crippen molar-refractivity contribution in [2.75, 3.05) is 18.6 Å². The van der Waals surface area contributed by atoms with Crippen molar-refractivity contribution in [1.82, 2.24) is 4.98 Å². The highest BCUT2D eigenvalue weighted by Gasteiger charge is 2.08. The minimum absolute atomic E-state index is 0.106. The van der Waals surface area contributed by atoms with Crippen molar-refractivity contribution in [3.8, 4) is 0 Å². The summed E-state index contributed by atoms with van der Waals surface area (Å²) in [5.41, 5.74) is 0.995. The Labute approximate surface area is 79.0 Å². The Morgan fingerprint density at radius 1 is 1.54 bits per heavy atom. The average Bonchev–Trinajstić information content (AvgIpc) is 2.15. The molecule has 0 aromatic carbocycles. The highest BCUT2D eigenvalue weighted by molar-refractivity contribution is 5.39. The first kappa shape index (κ1) is 9.99. The summed E-state index contributed by atoms with van der Waals surface area (Å²) < 4.78 is 0. The fourth-order valence-electron chi connectivity index (χ4n) is 1.07. The summed E-state index contributed by atoms with van der Waals surface area (Å²) in [6.07, 6.45) is 0. The van der Waals surface area contributed by atoms with E-state index in [2.05, 4.69) is 4.98 Å². The molecule has 0 amide bonds. The topological polar surface area (TPSA) is 36.4 Å². The van der Waals surface area contributed by atoms with Crippen molar-refractivity contribution in [3.63, 3.8) is 0 Å². The van der Waals surface area contributed by atoms with Gasteiger partial charge in [0.15, 0.2) is 0 Å². The number of rotatable bonds is 3. The average molecular weight is 180 g/mol. The Morgan fingerprint density at radius 2 is 2.23 bits per heavy atom. The first-order valence-corrected chi connectivity index (χ1v) is 4.42. The maximum atomic E-state index is 8.97. The third kappa shape index (κ3) is 2.42. The number of nitrogens with zero attached hydrogens (tertiary/aromatic N) is 2. The number of anilines is 1. The van der Waals surface area contributed by atoms with Gasteiger partial charge in [0.1, 0.15) is 5.82 Å². The van der Waals surface area contributed by atoms with Crippen LogP contribution in [0.4, 0.5) is 5.82 Å². The van der Waals surface area contributed by atoms with E-state index in [0.29, 0.717) is 0 Å². The molecule has 1 aromatic rings. The molecule has 0 radical (unpaired) electrons. The van der Waals surface area contributed by atoms with Crippen LogP contribution in [0.25, 0.3) is 0 Å². The molecule has 0 fully saturated rings. The zero-order chi connectivity index (χ0) is 9.84.